The molecule has 1 rings (SSSR count). The summed E-state index contributed by atoms with van der Waals surface area (Å²) in [7, 11) is 0. The van der Waals surface area contributed by atoms with E-state index < -0.39 is 0 Å². The van der Waals surface area contributed by atoms with Gasteiger partial charge in [0.05, 0.1) is 0 Å². The molecule has 0 amide bonds. The van der Waals surface area contributed by atoms with Gasteiger partial charge in [0.15, 0.2) is 0 Å². The Balaban J connectivity index is 2.49. The minimum Gasteiger partial charge on any atom is -0.115 e. The van der Waals surface area contributed by atoms with Crippen LogP contribution in [0.3, 0.4) is 0 Å². The quantitative estimate of drug-likeness (QED) is 0.431. The summed E-state index contributed by atoms with van der Waals surface area (Å²) in [5, 5.41) is 0. The summed E-state index contributed by atoms with van der Waals surface area (Å²) in [4.78, 5) is 0. The maximum atomic E-state index is 5.25. The van der Waals surface area contributed by atoms with E-state index in [1.165, 1.54) is 31.3 Å². The first-order chi connectivity index (χ1) is 4.43. The molecule has 0 aromatic rings. The third-order valence-electron chi connectivity index (χ3n) is 1.73. The monoisotopic (exact) mass is 120 g/mol. The summed E-state index contributed by atoms with van der Waals surface area (Å²) in [6, 6.07) is 0. The standard InChI is InChI=1S/C9H12/c1-2-9-7-5-3-4-6-8-9/h1,7H,3-6,8H2. The average molecular weight is 120 g/mol. The molecule has 1 aliphatic carbocycles. The first kappa shape index (κ1) is 6.42. The predicted octanol–water partition coefficient (Wildman–Crippen LogP) is 2.51. The molecule has 0 spiro atoms. The van der Waals surface area contributed by atoms with E-state index in [0.717, 1.165) is 6.42 Å². The van der Waals surface area contributed by atoms with Gasteiger partial charge < -0.3 is 0 Å². The summed E-state index contributed by atoms with van der Waals surface area (Å²) in [6.07, 6.45) is 13.7. The van der Waals surface area contributed by atoms with Crippen LogP contribution < -0.4 is 0 Å². The molecule has 9 heavy (non-hydrogen) atoms. The van der Waals surface area contributed by atoms with Crippen molar-refractivity contribution >= 4 is 0 Å². The van der Waals surface area contributed by atoms with Gasteiger partial charge >= 0.3 is 0 Å². The van der Waals surface area contributed by atoms with Gasteiger partial charge in [0, 0.05) is 0 Å². The van der Waals surface area contributed by atoms with Gasteiger partial charge in [0.25, 0.3) is 0 Å². The molecule has 0 saturated heterocycles. The Morgan fingerprint density at radius 2 is 2.22 bits per heavy atom. The summed E-state index contributed by atoms with van der Waals surface area (Å²) >= 11 is 0. The molecule has 0 aliphatic heterocycles. The van der Waals surface area contributed by atoms with Crippen LogP contribution in [0.25, 0.3) is 0 Å². The fourth-order valence-electron chi connectivity index (χ4n) is 1.15. The number of hydrogen-bond donors (Lipinski definition) is 0. The first-order valence-corrected chi connectivity index (χ1v) is 3.59. The van der Waals surface area contributed by atoms with Gasteiger partial charge in [0.2, 0.25) is 0 Å². The Labute approximate surface area is 57.0 Å². The van der Waals surface area contributed by atoms with Crippen molar-refractivity contribution in [2.75, 3.05) is 0 Å². The highest BCUT2D eigenvalue weighted by Crippen LogP contribution is 2.15. The average Bonchev–Trinajstić information content (AvgIpc) is 2.13. The van der Waals surface area contributed by atoms with E-state index in [4.69, 9.17) is 6.42 Å². The molecule has 0 radical (unpaired) electrons. The molecule has 0 N–H and O–H groups in total. The Kier molecular flexibility index (Phi) is 2.39. The van der Waals surface area contributed by atoms with Crippen molar-refractivity contribution in [3.63, 3.8) is 0 Å². The second kappa shape index (κ2) is 3.35. The highest BCUT2D eigenvalue weighted by Gasteiger charge is 1.97. The summed E-state index contributed by atoms with van der Waals surface area (Å²) < 4.78 is 0. The van der Waals surface area contributed by atoms with Gasteiger partial charge in [-0.15, -0.1) is 6.42 Å². The van der Waals surface area contributed by atoms with Gasteiger partial charge in [-0.05, 0) is 31.3 Å². The number of rotatable bonds is 0. The van der Waals surface area contributed by atoms with Crippen molar-refractivity contribution in [3.05, 3.63) is 11.6 Å². The molecule has 0 heteroatoms. The van der Waals surface area contributed by atoms with Gasteiger partial charge in [-0.1, -0.05) is 18.4 Å². The summed E-state index contributed by atoms with van der Waals surface area (Å²) in [5.74, 6) is 2.70. The smallest absolute Gasteiger partial charge is 0.00223 e. The first-order valence-electron chi connectivity index (χ1n) is 3.59. The molecule has 0 aromatic heterocycles. The van der Waals surface area contributed by atoms with Crippen LogP contribution in [0, 0.1) is 12.3 Å². The molecular formula is C9H12. The number of allylic oxidation sites excluding steroid dienone is 2. The lowest BCUT2D eigenvalue weighted by molar-refractivity contribution is 0.714. The third-order valence-corrected chi connectivity index (χ3v) is 1.73. The van der Waals surface area contributed by atoms with Crippen LogP contribution in [-0.2, 0) is 0 Å². The highest BCUT2D eigenvalue weighted by atomic mass is 14.0. The van der Waals surface area contributed by atoms with Gasteiger partial charge in [0.1, 0.15) is 0 Å². The fourth-order valence-corrected chi connectivity index (χ4v) is 1.15. The van der Waals surface area contributed by atoms with Crippen molar-refractivity contribution in [2.45, 2.75) is 32.1 Å². The lowest BCUT2D eigenvalue weighted by Crippen LogP contribution is -1.74. The Hall–Kier alpha value is -0.700. The summed E-state index contributed by atoms with van der Waals surface area (Å²) in [6.45, 7) is 0. The van der Waals surface area contributed by atoms with E-state index in [2.05, 4.69) is 12.0 Å². The Morgan fingerprint density at radius 3 is 3.00 bits per heavy atom. The predicted molar refractivity (Wildman–Crippen MR) is 40.0 cm³/mol. The number of terminal acetylenes is 1. The molecule has 0 unspecified atom stereocenters. The maximum absolute atomic E-state index is 5.25. The normalized spacial score (nSPS) is 19.7. The van der Waals surface area contributed by atoms with Crippen molar-refractivity contribution in [3.8, 4) is 12.3 Å². The number of hydrogen-bond acceptors (Lipinski definition) is 0. The van der Waals surface area contributed by atoms with Crippen LogP contribution in [0.1, 0.15) is 32.1 Å². The third kappa shape index (κ3) is 1.93. The van der Waals surface area contributed by atoms with Crippen LogP contribution in [0.2, 0.25) is 0 Å². The van der Waals surface area contributed by atoms with Gasteiger partial charge in [-0.2, -0.15) is 0 Å². The van der Waals surface area contributed by atoms with Crippen molar-refractivity contribution in [2.24, 2.45) is 0 Å². The second-order valence-corrected chi connectivity index (χ2v) is 2.47. The molecule has 0 aromatic carbocycles. The van der Waals surface area contributed by atoms with E-state index in [9.17, 15) is 0 Å². The Bertz CT molecular complexity index is 146. The molecule has 0 fully saturated rings. The molecule has 0 nitrogen and oxygen atoms in total. The molecule has 0 atom stereocenters. The zero-order valence-electron chi connectivity index (χ0n) is 5.69. The van der Waals surface area contributed by atoms with Crippen LogP contribution in [-0.4, -0.2) is 0 Å². The molecule has 48 valence electrons. The van der Waals surface area contributed by atoms with Crippen molar-refractivity contribution in [1.29, 1.82) is 0 Å². The van der Waals surface area contributed by atoms with E-state index in [0.29, 0.717) is 0 Å². The van der Waals surface area contributed by atoms with Gasteiger partial charge in [-0.3, -0.25) is 0 Å². The van der Waals surface area contributed by atoms with Crippen LogP contribution in [0.5, 0.6) is 0 Å². The lowest BCUT2D eigenvalue weighted by Gasteiger charge is -1.91. The molecule has 1 aliphatic rings. The van der Waals surface area contributed by atoms with Crippen LogP contribution >= 0.6 is 0 Å². The van der Waals surface area contributed by atoms with Crippen LogP contribution in [0.15, 0.2) is 11.6 Å². The SMILES string of the molecule is C#CC1=CCCCCC1. The molecule has 0 heterocycles. The van der Waals surface area contributed by atoms with E-state index in [1.807, 2.05) is 0 Å². The maximum Gasteiger partial charge on any atom is -0.00223 e. The van der Waals surface area contributed by atoms with E-state index >= 15 is 0 Å². The lowest BCUT2D eigenvalue weighted by atomic mass is 10.1. The highest BCUT2D eigenvalue weighted by molar-refractivity contribution is 5.25. The molecular weight excluding hydrogens is 108 g/mol. The second-order valence-electron chi connectivity index (χ2n) is 2.47. The van der Waals surface area contributed by atoms with Gasteiger partial charge in [-0.25, -0.2) is 0 Å². The fraction of sp³-hybridized carbons (Fsp3) is 0.556. The molecule has 0 saturated carbocycles. The van der Waals surface area contributed by atoms with Crippen molar-refractivity contribution in [1.82, 2.24) is 0 Å². The topological polar surface area (TPSA) is 0 Å². The van der Waals surface area contributed by atoms with Crippen LogP contribution in [0.4, 0.5) is 0 Å². The minimum absolute atomic E-state index is 1.14. The van der Waals surface area contributed by atoms with E-state index in [-0.39, 0.29) is 0 Å². The summed E-state index contributed by atoms with van der Waals surface area (Å²) in [5.41, 5.74) is 1.22. The van der Waals surface area contributed by atoms with E-state index in [1.54, 1.807) is 0 Å². The molecule has 0 bridgehead atoms. The largest absolute Gasteiger partial charge is 0.115 e. The van der Waals surface area contributed by atoms with Crippen molar-refractivity contribution < 1.29 is 0 Å². The Morgan fingerprint density at radius 1 is 1.33 bits per heavy atom. The zero-order chi connectivity index (χ0) is 6.53. The minimum atomic E-state index is 1.14. The zero-order valence-corrected chi connectivity index (χ0v) is 5.69.